The van der Waals surface area contributed by atoms with Crippen molar-refractivity contribution in [2.24, 2.45) is 0 Å². The molecule has 0 radical (unpaired) electrons. The molecule has 5 heteroatoms. The van der Waals surface area contributed by atoms with E-state index >= 15 is 0 Å². The Kier molecular flexibility index (Phi) is 3.45. The van der Waals surface area contributed by atoms with Gasteiger partial charge in [0.2, 0.25) is 0 Å². The van der Waals surface area contributed by atoms with Crippen LogP contribution in [0.1, 0.15) is 25.9 Å². The summed E-state index contributed by atoms with van der Waals surface area (Å²) >= 11 is 7.30. The Bertz CT molecular complexity index is 565. The number of hydrogen-bond donors (Lipinski definition) is 1. The van der Waals surface area contributed by atoms with E-state index in [-0.39, 0.29) is 5.69 Å². The van der Waals surface area contributed by atoms with E-state index in [4.69, 9.17) is 16.7 Å². The number of carboxylic acids is 1. The second kappa shape index (κ2) is 4.85. The fourth-order valence-corrected chi connectivity index (χ4v) is 2.72. The third-order valence-corrected chi connectivity index (χ3v) is 3.49. The van der Waals surface area contributed by atoms with Crippen LogP contribution >= 0.6 is 22.9 Å². The number of aromatic nitrogens is 1. The fourth-order valence-electron chi connectivity index (χ4n) is 1.55. The van der Waals surface area contributed by atoms with Crippen LogP contribution in [0, 0.1) is 6.92 Å². The number of benzene rings is 1. The van der Waals surface area contributed by atoms with Crippen molar-refractivity contribution in [1.29, 1.82) is 0 Å². The van der Waals surface area contributed by atoms with Gasteiger partial charge in [0.15, 0.2) is 5.69 Å². The molecule has 0 unspecified atom stereocenters. The second-order valence-electron chi connectivity index (χ2n) is 3.62. The molecule has 0 saturated carbocycles. The molecule has 2 aromatic rings. The first-order valence-corrected chi connectivity index (χ1v) is 6.20. The molecule has 88 valence electrons. The SMILES string of the molecule is Cc1sc(Cc2cccc(Cl)c2)nc1C(=O)O. The van der Waals surface area contributed by atoms with Gasteiger partial charge in [-0.25, -0.2) is 9.78 Å². The number of carboxylic acid groups (broad SMARTS) is 1. The van der Waals surface area contributed by atoms with Crippen molar-refractivity contribution in [2.45, 2.75) is 13.3 Å². The maximum absolute atomic E-state index is 10.9. The first kappa shape index (κ1) is 12.1. The molecule has 0 aliphatic carbocycles. The average Bonchev–Trinajstić information content (AvgIpc) is 2.59. The quantitative estimate of drug-likeness (QED) is 0.927. The van der Waals surface area contributed by atoms with E-state index in [1.807, 2.05) is 18.2 Å². The highest BCUT2D eigenvalue weighted by atomic mass is 35.5. The zero-order valence-electron chi connectivity index (χ0n) is 9.11. The molecule has 1 aromatic heterocycles. The van der Waals surface area contributed by atoms with Gasteiger partial charge in [0.1, 0.15) is 0 Å². The van der Waals surface area contributed by atoms with Crippen LogP contribution in [0.5, 0.6) is 0 Å². The summed E-state index contributed by atoms with van der Waals surface area (Å²) in [7, 11) is 0. The number of aromatic carboxylic acids is 1. The Morgan fingerprint density at radius 1 is 1.53 bits per heavy atom. The minimum Gasteiger partial charge on any atom is -0.476 e. The van der Waals surface area contributed by atoms with Gasteiger partial charge in [-0.2, -0.15) is 0 Å². The Morgan fingerprint density at radius 3 is 2.88 bits per heavy atom. The molecular formula is C12H10ClNO2S. The number of rotatable bonds is 3. The lowest BCUT2D eigenvalue weighted by Gasteiger charge is -1.97. The van der Waals surface area contributed by atoms with Gasteiger partial charge < -0.3 is 5.11 Å². The molecule has 0 atom stereocenters. The van der Waals surface area contributed by atoms with E-state index < -0.39 is 5.97 Å². The van der Waals surface area contributed by atoms with Crippen LogP contribution in [0.2, 0.25) is 5.02 Å². The predicted molar refractivity (Wildman–Crippen MR) is 68.1 cm³/mol. The minimum absolute atomic E-state index is 0.145. The zero-order valence-corrected chi connectivity index (χ0v) is 10.7. The Hall–Kier alpha value is -1.39. The third kappa shape index (κ3) is 2.84. The van der Waals surface area contributed by atoms with Crippen LogP contribution in [0.4, 0.5) is 0 Å². The van der Waals surface area contributed by atoms with Gasteiger partial charge in [0, 0.05) is 16.3 Å². The highest BCUT2D eigenvalue weighted by Gasteiger charge is 2.14. The molecule has 0 spiro atoms. The second-order valence-corrected chi connectivity index (χ2v) is 5.35. The topological polar surface area (TPSA) is 50.2 Å². The molecule has 2 rings (SSSR count). The van der Waals surface area contributed by atoms with Crippen molar-refractivity contribution < 1.29 is 9.90 Å². The summed E-state index contributed by atoms with van der Waals surface area (Å²) in [6.45, 7) is 1.77. The fraction of sp³-hybridized carbons (Fsp3) is 0.167. The van der Waals surface area contributed by atoms with E-state index in [9.17, 15) is 4.79 Å². The van der Waals surface area contributed by atoms with Crippen LogP contribution < -0.4 is 0 Å². The average molecular weight is 268 g/mol. The van der Waals surface area contributed by atoms with Crippen molar-refractivity contribution in [3.05, 3.63) is 50.4 Å². The lowest BCUT2D eigenvalue weighted by molar-refractivity contribution is 0.0690. The first-order chi connectivity index (χ1) is 8.06. The summed E-state index contributed by atoms with van der Waals surface area (Å²) in [5, 5.41) is 10.4. The van der Waals surface area contributed by atoms with E-state index in [1.165, 1.54) is 11.3 Å². The van der Waals surface area contributed by atoms with Crippen molar-refractivity contribution in [2.75, 3.05) is 0 Å². The summed E-state index contributed by atoms with van der Waals surface area (Å²) in [6, 6.07) is 7.48. The van der Waals surface area contributed by atoms with Crippen LogP contribution in [-0.4, -0.2) is 16.1 Å². The molecule has 1 heterocycles. The predicted octanol–water partition coefficient (Wildman–Crippen LogP) is 3.39. The van der Waals surface area contributed by atoms with Crippen LogP contribution in [0.15, 0.2) is 24.3 Å². The van der Waals surface area contributed by atoms with Crippen LogP contribution in [0.3, 0.4) is 0 Å². The molecule has 0 bridgehead atoms. The van der Waals surface area contributed by atoms with Crippen molar-refractivity contribution >= 4 is 28.9 Å². The molecule has 1 aromatic carbocycles. The largest absolute Gasteiger partial charge is 0.476 e. The highest BCUT2D eigenvalue weighted by Crippen LogP contribution is 2.21. The summed E-state index contributed by atoms with van der Waals surface area (Å²) < 4.78 is 0. The molecule has 0 saturated heterocycles. The Balaban J connectivity index is 2.25. The van der Waals surface area contributed by atoms with Gasteiger partial charge in [0.05, 0.1) is 5.01 Å². The third-order valence-electron chi connectivity index (χ3n) is 2.29. The highest BCUT2D eigenvalue weighted by molar-refractivity contribution is 7.11. The smallest absolute Gasteiger partial charge is 0.355 e. The number of carbonyl (C=O) groups is 1. The van der Waals surface area contributed by atoms with Crippen molar-refractivity contribution in [3.63, 3.8) is 0 Å². The Labute approximate surface area is 108 Å². The normalized spacial score (nSPS) is 10.5. The first-order valence-electron chi connectivity index (χ1n) is 5.00. The number of halogens is 1. The van der Waals surface area contributed by atoms with Gasteiger partial charge in [0.25, 0.3) is 0 Å². The van der Waals surface area contributed by atoms with Crippen LogP contribution in [0.25, 0.3) is 0 Å². The molecule has 17 heavy (non-hydrogen) atoms. The maximum atomic E-state index is 10.9. The van der Waals surface area contributed by atoms with Crippen molar-refractivity contribution in [3.8, 4) is 0 Å². The summed E-state index contributed by atoms with van der Waals surface area (Å²) in [6.07, 6.45) is 0.610. The molecule has 3 nitrogen and oxygen atoms in total. The monoisotopic (exact) mass is 267 g/mol. The molecular weight excluding hydrogens is 258 g/mol. The molecule has 0 aliphatic heterocycles. The zero-order chi connectivity index (χ0) is 12.4. The van der Waals surface area contributed by atoms with E-state index in [0.717, 1.165) is 15.4 Å². The summed E-state index contributed by atoms with van der Waals surface area (Å²) in [4.78, 5) is 15.7. The maximum Gasteiger partial charge on any atom is 0.355 e. The minimum atomic E-state index is -0.976. The van der Waals surface area contributed by atoms with Gasteiger partial charge >= 0.3 is 5.97 Å². The lowest BCUT2D eigenvalue weighted by atomic mass is 10.2. The summed E-state index contributed by atoms with van der Waals surface area (Å²) in [5.41, 5.74) is 1.18. The number of thiazole rings is 1. The molecule has 0 aliphatic rings. The van der Waals surface area contributed by atoms with E-state index in [1.54, 1.807) is 13.0 Å². The van der Waals surface area contributed by atoms with Gasteiger partial charge in [-0.3, -0.25) is 0 Å². The molecule has 0 amide bonds. The van der Waals surface area contributed by atoms with Gasteiger partial charge in [-0.05, 0) is 24.6 Å². The number of aryl methyl sites for hydroxylation is 1. The standard InChI is InChI=1S/C12H10ClNO2S/c1-7-11(12(15)16)14-10(17-7)6-8-3-2-4-9(13)5-8/h2-5H,6H2,1H3,(H,15,16). The van der Waals surface area contributed by atoms with E-state index in [2.05, 4.69) is 4.98 Å². The van der Waals surface area contributed by atoms with E-state index in [0.29, 0.717) is 11.4 Å². The number of nitrogens with zero attached hydrogens (tertiary/aromatic N) is 1. The van der Waals surface area contributed by atoms with Crippen LogP contribution in [-0.2, 0) is 6.42 Å². The molecule has 0 fully saturated rings. The van der Waals surface area contributed by atoms with Gasteiger partial charge in [-0.1, -0.05) is 23.7 Å². The summed E-state index contributed by atoms with van der Waals surface area (Å²) in [5.74, 6) is -0.976. The van der Waals surface area contributed by atoms with Crippen molar-refractivity contribution in [1.82, 2.24) is 4.98 Å². The lowest BCUT2D eigenvalue weighted by Crippen LogP contribution is -1.99. The molecule has 1 N–H and O–H groups in total. The Morgan fingerprint density at radius 2 is 2.29 bits per heavy atom. The van der Waals surface area contributed by atoms with Gasteiger partial charge in [-0.15, -0.1) is 11.3 Å². The number of hydrogen-bond acceptors (Lipinski definition) is 3.